The van der Waals surface area contributed by atoms with Gasteiger partial charge in [-0.15, -0.1) is 11.3 Å². The Hall–Kier alpha value is -1.63. The van der Waals surface area contributed by atoms with E-state index >= 15 is 0 Å². The van der Waals surface area contributed by atoms with E-state index in [4.69, 9.17) is 22.1 Å². The van der Waals surface area contributed by atoms with Gasteiger partial charge in [-0.25, -0.2) is 4.98 Å². The van der Waals surface area contributed by atoms with Gasteiger partial charge in [-0.1, -0.05) is 11.6 Å². The van der Waals surface area contributed by atoms with Crippen LogP contribution in [0.2, 0.25) is 5.02 Å². The van der Waals surface area contributed by atoms with Gasteiger partial charge in [0.15, 0.2) is 0 Å². The number of methoxy groups -OCH3 is 1. The summed E-state index contributed by atoms with van der Waals surface area (Å²) in [5.74, 6) is 0.284. The molecule has 1 heterocycles. The molecule has 1 amide bonds. The average molecular weight is 298 g/mol. The number of nitrogens with one attached hydrogen (secondary N) is 1. The lowest BCUT2D eigenvalue weighted by Crippen LogP contribution is -2.13. The van der Waals surface area contributed by atoms with Gasteiger partial charge in [-0.2, -0.15) is 0 Å². The third-order valence-electron chi connectivity index (χ3n) is 2.38. The first-order chi connectivity index (χ1) is 9.13. The van der Waals surface area contributed by atoms with Crippen molar-refractivity contribution >= 4 is 34.5 Å². The highest BCUT2D eigenvalue weighted by atomic mass is 35.5. The highest BCUT2D eigenvalue weighted by Crippen LogP contribution is 2.27. The van der Waals surface area contributed by atoms with Crippen molar-refractivity contribution in [1.29, 1.82) is 0 Å². The first-order valence-electron chi connectivity index (χ1n) is 5.43. The Balaban J connectivity index is 2.18. The monoisotopic (exact) mass is 297 g/mol. The van der Waals surface area contributed by atoms with Crippen molar-refractivity contribution in [3.63, 3.8) is 0 Å². The van der Waals surface area contributed by atoms with Gasteiger partial charge in [0, 0.05) is 18.0 Å². The molecule has 7 heteroatoms. The summed E-state index contributed by atoms with van der Waals surface area (Å²) in [6.45, 7) is 0.317. The standard InChI is InChI=1S/C12H12ClN3O2S/c1-18-7-2-3-8(13)9(4-7)16-12(17)10-6-19-11(5-14)15-10/h2-4,6H,5,14H2,1H3,(H,16,17). The highest BCUT2D eigenvalue weighted by Gasteiger charge is 2.12. The summed E-state index contributed by atoms with van der Waals surface area (Å²) >= 11 is 7.35. The Morgan fingerprint density at radius 1 is 1.58 bits per heavy atom. The van der Waals surface area contributed by atoms with Gasteiger partial charge in [0.1, 0.15) is 16.5 Å². The molecule has 0 saturated heterocycles. The van der Waals surface area contributed by atoms with Gasteiger partial charge in [0.25, 0.3) is 5.91 Å². The third-order valence-corrected chi connectivity index (χ3v) is 3.58. The summed E-state index contributed by atoms with van der Waals surface area (Å²) in [5.41, 5.74) is 6.26. The van der Waals surface area contributed by atoms with Crippen molar-refractivity contribution < 1.29 is 9.53 Å². The molecule has 0 unspecified atom stereocenters. The zero-order valence-corrected chi connectivity index (χ0v) is 11.7. The number of benzene rings is 1. The van der Waals surface area contributed by atoms with Crippen molar-refractivity contribution in [3.8, 4) is 5.75 Å². The molecule has 100 valence electrons. The molecule has 1 aromatic heterocycles. The predicted molar refractivity (Wildman–Crippen MR) is 76.0 cm³/mol. The van der Waals surface area contributed by atoms with E-state index in [9.17, 15) is 4.79 Å². The molecule has 0 radical (unpaired) electrons. The third kappa shape index (κ3) is 3.23. The molecule has 0 atom stereocenters. The number of nitrogens with two attached hydrogens (primary N) is 1. The molecule has 0 bridgehead atoms. The molecular weight excluding hydrogens is 286 g/mol. The molecule has 2 aromatic rings. The fourth-order valence-electron chi connectivity index (χ4n) is 1.42. The lowest BCUT2D eigenvalue weighted by molar-refractivity contribution is 0.102. The van der Waals surface area contributed by atoms with Crippen LogP contribution in [0.3, 0.4) is 0 Å². The Morgan fingerprint density at radius 3 is 3.00 bits per heavy atom. The predicted octanol–water partition coefficient (Wildman–Crippen LogP) is 2.52. The SMILES string of the molecule is COc1ccc(Cl)c(NC(=O)c2csc(CN)n2)c1. The summed E-state index contributed by atoms with van der Waals surface area (Å²) in [7, 11) is 1.54. The number of anilines is 1. The number of aromatic nitrogens is 1. The Labute approximate surface area is 119 Å². The van der Waals surface area contributed by atoms with E-state index in [2.05, 4.69) is 10.3 Å². The van der Waals surface area contributed by atoms with Crippen LogP contribution in [0.25, 0.3) is 0 Å². The second-order valence-corrected chi connectivity index (χ2v) is 4.98. The van der Waals surface area contributed by atoms with Crippen LogP contribution < -0.4 is 15.8 Å². The number of carbonyl (C=O) groups is 1. The second kappa shape index (κ2) is 6.01. The van der Waals surface area contributed by atoms with Crippen LogP contribution in [0.15, 0.2) is 23.6 Å². The van der Waals surface area contributed by atoms with Gasteiger partial charge in [-0.05, 0) is 12.1 Å². The molecule has 3 N–H and O–H groups in total. The largest absolute Gasteiger partial charge is 0.497 e. The summed E-state index contributed by atoms with van der Waals surface area (Å²) < 4.78 is 5.08. The zero-order chi connectivity index (χ0) is 13.8. The molecule has 1 aromatic carbocycles. The van der Waals surface area contributed by atoms with E-state index in [-0.39, 0.29) is 5.91 Å². The molecule has 0 aliphatic carbocycles. The maximum atomic E-state index is 12.0. The lowest BCUT2D eigenvalue weighted by Gasteiger charge is -2.07. The summed E-state index contributed by atoms with van der Waals surface area (Å²) in [6.07, 6.45) is 0. The minimum absolute atomic E-state index is 0.317. The number of thiazole rings is 1. The van der Waals surface area contributed by atoms with E-state index in [0.717, 1.165) is 0 Å². The minimum Gasteiger partial charge on any atom is -0.497 e. The first kappa shape index (κ1) is 13.8. The lowest BCUT2D eigenvalue weighted by atomic mass is 10.3. The van der Waals surface area contributed by atoms with E-state index in [1.165, 1.54) is 11.3 Å². The van der Waals surface area contributed by atoms with Gasteiger partial charge < -0.3 is 15.8 Å². The van der Waals surface area contributed by atoms with Gasteiger partial charge in [-0.3, -0.25) is 4.79 Å². The van der Waals surface area contributed by atoms with E-state index in [1.54, 1.807) is 30.7 Å². The Bertz CT molecular complexity index is 600. The van der Waals surface area contributed by atoms with Crippen molar-refractivity contribution in [2.45, 2.75) is 6.54 Å². The molecule has 5 nitrogen and oxygen atoms in total. The molecular formula is C12H12ClN3O2S. The van der Waals surface area contributed by atoms with Gasteiger partial charge in [0.2, 0.25) is 0 Å². The molecule has 0 saturated carbocycles. The number of hydrogen-bond acceptors (Lipinski definition) is 5. The van der Waals surface area contributed by atoms with Crippen LogP contribution in [0.5, 0.6) is 5.75 Å². The molecule has 2 rings (SSSR count). The average Bonchev–Trinajstić information content (AvgIpc) is 2.90. The van der Waals surface area contributed by atoms with Crippen molar-refractivity contribution in [1.82, 2.24) is 4.98 Å². The zero-order valence-electron chi connectivity index (χ0n) is 10.1. The Morgan fingerprint density at radius 2 is 2.37 bits per heavy atom. The number of hydrogen-bond donors (Lipinski definition) is 2. The van der Waals surface area contributed by atoms with Crippen LogP contribution in [-0.4, -0.2) is 18.0 Å². The molecule has 0 aliphatic rings. The van der Waals surface area contributed by atoms with Crippen molar-refractivity contribution in [2.75, 3.05) is 12.4 Å². The van der Waals surface area contributed by atoms with Crippen LogP contribution in [0, 0.1) is 0 Å². The Kier molecular flexibility index (Phi) is 4.36. The van der Waals surface area contributed by atoms with Crippen molar-refractivity contribution in [3.05, 3.63) is 39.3 Å². The number of nitrogens with zero attached hydrogens (tertiary/aromatic N) is 1. The summed E-state index contributed by atoms with van der Waals surface area (Å²) in [5, 5.41) is 5.49. The maximum Gasteiger partial charge on any atom is 0.275 e. The van der Waals surface area contributed by atoms with Crippen molar-refractivity contribution in [2.24, 2.45) is 5.73 Å². The number of carbonyl (C=O) groups excluding carboxylic acids is 1. The van der Waals surface area contributed by atoms with Crippen LogP contribution in [0.4, 0.5) is 5.69 Å². The van der Waals surface area contributed by atoms with E-state index in [1.807, 2.05) is 0 Å². The quantitative estimate of drug-likeness (QED) is 0.909. The molecule has 19 heavy (non-hydrogen) atoms. The van der Waals surface area contributed by atoms with E-state index < -0.39 is 0 Å². The fraction of sp³-hybridized carbons (Fsp3) is 0.167. The highest BCUT2D eigenvalue weighted by molar-refractivity contribution is 7.09. The second-order valence-electron chi connectivity index (χ2n) is 3.63. The molecule has 0 spiro atoms. The number of ether oxygens (including phenoxy) is 1. The minimum atomic E-state index is -0.328. The van der Waals surface area contributed by atoms with Gasteiger partial charge in [0.05, 0.1) is 17.8 Å². The van der Waals surface area contributed by atoms with E-state index in [0.29, 0.717) is 33.7 Å². The number of halogens is 1. The summed E-state index contributed by atoms with van der Waals surface area (Å²) in [6, 6.07) is 5.02. The van der Waals surface area contributed by atoms with Crippen LogP contribution in [-0.2, 0) is 6.54 Å². The first-order valence-corrected chi connectivity index (χ1v) is 6.69. The normalized spacial score (nSPS) is 10.3. The van der Waals surface area contributed by atoms with Gasteiger partial charge >= 0.3 is 0 Å². The topological polar surface area (TPSA) is 77.2 Å². The number of rotatable bonds is 4. The van der Waals surface area contributed by atoms with Crippen LogP contribution >= 0.6 is 22.9 Å². The summed E-state index contributed by atoms with van der Waals surface area (Å²) in [4.78, 5) is 16.1. The molecule has 0 fully saturated rings. The number of amides is 1. The fourth-order valence-corrected chi connectivity index (χ4v) is 2.24. The van der Waals surface area contributed by atoms with Crippen LogP contribution in [0.1, 0.15) is 15.5 Å². The maximum absolute atomic E-state index is 12.0. The smallest absolute Gasteiger partial charge is 0.275 e. The molecule has 0 aliphatic heterocycles.